The minimum atomic E-state index is -0.0833. The van der Waals surface area contributed by atoms with Crippen molar-refractivity contribution in [2.75, 3.05) is 6.54 Å². The van der Waals surface area contributed by atoms with E-state index in [0.717, 1.165) is 46.0 Å². The summed E-state index contributed by atoms with van der Waals surface area (Å²) in [5.41, 5.74) is 6.29. The van der Waals surface area contributed by atoms with Gasteiger partial charge in [0.05, 0.1) is 0 Å². The predicted octanol–water partition coefficient (Wildman–Crippen LogP) is 6.56. The fraction of sp³-hybridized carbons (Fsp3) is 0.423. The van der Waals surface area contributed by atoms with Gasteiger partial charge < -0.3 is 5.32 Å². The van der Waals surface area contributed by atoms with Gasteiger partial charge in [-0.1, -0.05) is 49.7 Å². The van der Waals surface area contributed by atoms with Crippen LogP contribution in [-0.2, 0) is 4.79 Å². The molecule has 0 unspecified atom stereocenters. The molecule has 0 fully saturated rings. The van der Waals surface area contributed by atoms with Crippen LogP contribution in [0.15, 0.2) is 47.6 Å². The molecule has 32 heavy (non-hydrogen) atoms. The Morgan fingerprint density at radius 3 is 2.34 bits per heavy atom. The lowest BCUT2D eigenvalue weighted by molar-refractivity contribution is -0.121. The fourth-order valence-electron chi connectivity index (χ4n) is 3.69. The molecular formula is C26H35ClN4O. The summed E-state index contributed by atoms with van der Waals surface area (Å²) >= 11 is 6.10. The van der Waals surface area contributed by atoms with Crippen molar-refractivity contribution < 1.29 is 4.79 Å². The first-order valence-corrected chi connectivity index (χ1v) is 11.5. The second-order valence-electron chi connectivity index (χ2n) is 8.47. The fourth-order valence-corrected chi connectivity index (χ4v) is 3.82. The molecule has 1 atom stereocenters. The molecule has 0 saturated carbocycles. The zero-order chi connectivity index (χ0) is 24.0. The Labute approximate surface area is 197 Å². The molecule has 1 aromatic heterocycles. The molecule has 0 radical (unpaired) electrons. The summed E-state index contributed by atoms with van der Waals surface area (Å²) in [4.78, 5) is 12.3. The van der Waals surface area contributed by atoms with E-state index in [4.69, 9.17) is 11.6 Å². The Kier molecular flexibility index (Phi) is 9.02. The standard InChI is InChI=1S/C26H35ClN4O/c1-9-14-28-24(32)15-17(4)26-30-29-21(8)31(26)20(7)25(18(5)16(2)3)19(6)22-10-12-23(27)13-11-22/h10-13,17H,6,9,14-15H2,1-5,7-8H3,(H,28,32)/b25-20-/t17-/m0/s1. The van der Waals surface area contributed by atoms with E-state index < -0.39 is 0 Å². The molecule has 1 N–H and O–H groups in total. The van der Waals surface area contributed by atoms with Crippen LogP contribution in [0.2, 0.25) is 5.02 Å². The molecule has 2 rings (SSSR count). The van der Waals surface area contributed by atoms with Gasteiger partial charge in [0, 0.05) is 35.2 Å². The Morgan fingerprint density at radius 2 is 1.78 bits per heavy atom. The topological polar surface area (TPSA) is 59.8 Å². The van der Waals surface area contributed by atoms with E-state index in [1.165, 1.54) is 5.57 Å². The Bertz CT molecular complexity index is 1040. The minimum absolute atomic E-state index is 0.0273. The molecule has 1 aromatic carbocycles. The predicted molar refractivity (Wildman–Crippen MR) is 135 cm³/mol. The summed E-state index contributed by atoms with van der Waals surface area (Å²) in [7, 11) is 0. The quantitative estimate of drug-likeness (QED) is 0.436. The number of allylic oxidation sites excluding steroid dienone is 5. The molecule has 0 saturated heterocycles. The third-order valence-electron chi connectivity index (χ3n) is 5.67. The second-order valence-corrected chi connectivity index (χ2v) is 8.90. The van der Waals surface area contributed by atoms with Gasteiger partial charge >= 0.3 is 0 Å². The van der Waals surface area contributed by atoms with Crippen LogP contribution in [-0.4, -0.2) is 27.2 Å². The lowest BCUT2D eigenvalue weighted by atomic mass is 9.90. The molecule has 5 nitrogen and oxygen atoms in total. The average molecular weight is 455 g/mol. The average Bonchev–Trinajstić information content (AvgIpc) is 3.14. The molecule has 1 amide bonds. The van der Waals surface area contributed by atoms with Crippen LogP contribution in [0, 0.1) is 6.92 Å². The number of hydrogen-bond acceptors (Lipinski definition) is 3. The van der Waals surface area contributed by atoms with E-state index in [1.807, 2.05) is 45.0 Å². The number of hydrogen-bond donors (Lipinski definition) is 1. The third kappa shape index (κ3) is 5.98. The van der Waals surface area contributed by atoms with Gasteiger partial charge in [0.1, 0.15) is 11.6 Å². The highest BCUT2D eigenvalue weighted by Gasteiger charge is 2.22. The number of halogens is 1. The zero-order valence-corrected chi connectivity index (χ0v) is 21.1. The van der Waals surface area contributed by atoms with Crippen LogP contribution in [0.3, 0.4) is 0 Å². The van der Waals surface area contributed by atoms with Gasteiger partial charge in [-0.3, -0.25) is 9.36 Å². The second kappa shape index (κ2) is 11.3. The van der Waals surface area contributed by atoms with Gasteiger partial charge in [-0.2, -0.15) is 0 Å². The minimum Gasteiger partial charge on any atom is -0.356 e. The highest BCUT2D eigenvalue weighted by Crippen LogP contribution is 2.35. The van der Waals surface area contributed by atoms with Crippen molar-refractivity contribution in [2.45, 2.75) is 67.2 Å². The van der Waals surface area contributed by atoms with Crippen LogP contribution >= 0.6 is 11.6 Å². The Balaban J connectivity index is 2.58. The van der Waals surface area contributed by atoms with E-state index in [2.05, 4.69) is 54.4 Å². The number of carbonyl (C=O) groups is 1. The van der Waals surface area contributed by atoms with Crippen LogP contribution in [0.1, 0.15) is 77.5 Å². The largest absolute Gasteiger partial charge is 0.356 e. The monoisotopic (exact) mass is 454 g/mol. The van der Waals surface area contributed by atoms with E-state index >= 15 is 0 Å². The van der Waals surface area contributed by atoms with Crippen molar-refractivity contribution in [3.8, 4) is 0 Å². The molecule has 172 valence electrons. The lowest BCUT2D eigenvalue weighted by Crippen LogP contribution is -2.25. The van der Waals surface area contributed by atoms with Gasteiger partial charge in [0.25, 0.3) is 0 Å². The summed E-state index contributed by atoms with van der Waals surface area (Å²) in [5.74, 6) is 1.50. The number of benzene rings is 1. The highest BCUT2D eigenvalue weighted by atomic mass is 35.5. The van der Waals surface area contributed by atoms with Crippen molar-refractivity contribution in [3.05, 3.63) is 69.8 Å². The summed E-state index contributed by atoms with van der Waals surface area (Å²) < 4.78 is 2.06. The number of amides is 1. The van der Waals surface area contributed by atoms with Gasteiger partial charge in [-0.15, -0.1) is 10.2 Å². The maximum absolute atomic E-state index is 12.3. The smallest absolute Gasteiger partial charge is 0.220 e. The first-order valence-electron chi connectivity index (χ1n) is 11.1. The lowest BCUT2D eigenvalue weighted by Gasteiger charge is -2.21. The van der Waals surface area contributed by atoms with Gasteiger partial charge in [0.2, 0.25) is 5.91 Å². The van der Waals surface area contributed by atoms with Crippen LogP contribution in [0.25, 0.3) is 11.3 Å². The van der Waals surface area contributed by atoms with Gasteiger partial charge in [-0.25, -0.2) is 0 Å². The third-order valence-corrected chi connectivity index (χ3v) is 5.92. The van der Waals surface area contributed by atoms with E-state index in [9.17, 15) is 4.79 Å². The van der Waals surface area contributed by atoms with Crippen molar-refractivity contribution >= 4 is 28.8 Å². The number of nitrogens with zero attached hydrogens (tertiary/aromatic N) is 3. The van der Waals surface area contributed by atoms with Gasteiger partial charge in [0.15, 0.2) is 0 Å². The maximum atomic E-state index is 12.3. The number of aryl methyl sites for hydroxylation is 1. The van der Waals surface area contributed by atoms with Crippen molar-refractivity contribution in [1.29, 1.82) is 0 Å². The molecule has 0 aliphatic carbocycles. The molecule has 0 aliphatic heterocycles. The number of carbonyl (C=O) groups excluding carboxylic acids is 1. The van der Waals surface area contributed by atoms with Crippen LogP contribution in [0.4, 0.5) is 0 Å². The summed E-state index contributed by atoms with van der Waals surface area (Å²) in [5, 5.41) is 12.4. The summed E-state index contributed by atoms with van der Waals surface area (Å²) in [6.07, 6.45) is 1.27. The van der Waals surface area contributed by atoms with Crippen molar-refractivity contribution in [1.82, 2.24) is 20.1 Å². The van der Waals surface area contributed by atoms with Crippen molar-refractivity contribution in [2.24, 2.45) is 0 Å². The molecule has 6 heteroatoms. The summed E-state index contributed by atoms with van der Waals surface area (Å²) in [6, 6.07) is 7.71. The first-order chi connectivity index (χ1) is 15.1. The molecule has 1 heterocycles. The highest BCUT2D eigenvalue weighted by molar-refractivity contribution is 6.30. The molecule has 2 aromatic rings. The molecule has 0 bridgehead atoms. The SMILES string of the molecule is C=C(/C(C(C)=C(C)C)=C(/C)n1c(C)nnc1[C@@H](C)CC(=O)NCCC)c1ccc(Cl)cc1. The van der Waals surface area contributed by atoms with Gasteiger partial charge in [-0.05, 0) is 69.9 Å². The zero-order valence-electron chi connectivity index (χ0n) is 20.3. The Morgan fingerprint density at radius 1 is 1.16 bits per heavy atom. The number of rotatable bonds is 9. The normalized spacial score (nSPS) is 12.8. The molecule has 0 aliphatic rings. The van der Waals surface area contributed by atoms with Crippen LogP contribution < -0.4 is 5.32 Å². The van der Waals surface area contributed by atoms with Crippen molar-refractivity contribution in [3.63, 3.8) is 0 Å². The van der Waals surface area contributed by atoms with E-state index in [1.54, 1.807) is 0 Å². The number of aromatic nitrogens is 3. The van der Waals surface area contributed by atoms with E-state index in [-0.39, 0.29) is 11.8 Å². The Hall–Kier alpha value is -2.66. The first kappa shape index (κ1) is 25.6. The molecular weight excluding hydrogens is 420 g/mol. The van der Waals surface area contributed by atoms with Crippen LogP contribution in [0.5, 0.6) is 0 Å². The number of nitrogens with one attached hydrogen (secondary N) is 1. The summed E-state index contributed by atoms with van der Waals surface area (Å²) in [6.45, 7) is 19.5. The molecule has 0 spiro atoms. The maximum Gasteiger partial charge on any atom is 0.220 e. The van der Waals surface area contributed by atoms with E-state index in [0.29, 0.717) is 18.0 Å².